The molecule has 0 saturated heterocycles. The molecule has 0 N–H and O–H groups in total. The summed E-state index contributed by atoms with van der Waals surface area (Å²) in [7, 11) is 0. The fraction of sp³-hybridized carbons (Fsp3) is 0. The lowest BCUT2D eigenvalue weighted by Crippen LogP contribution is -2.14. The van der Waals surface area contributed by atoms with E-state index in [1.165, 1.54) is 0 Å². The number of rotatable bonds is 4. The van der Waals surface area contributed by atoms with Crippen LogP contribution in [0.1, 0.15) is 18.0 Å². The van der Waals surface area contributed by atoms with Gasteiger partial charge in [0, 0.05) is 98.4 Å². The summed E-state index contributed by atoms with van der Waals surface area (Å²) >= 11 is 5.10. The van der Waals surface area contributed by atoms with E-state index in [-0.39, 0.29) is 27.9 Å². The molecule has 0 amide bonds. The van der Waals surface area contributed by atoms with Crippen molar-refractivity contribution in [2.75, 3.05) is 0 Å². The van der Waals surface area contributed by atoms with Gasteiger partial charge >= 0.3 is 0 Å². The molecule has 0 aliphatic heterocycles. The average Bonchev–Trinajstić information content (AvgIpc) is 4.25. The standard InChI is InChI=1S/C68H35N5S3/c69-36-48-49(37-70)64(72-51-25-11-5-22-46(51)61-54(72)34-31-43-40-19-8-14-28-57(40)75-67(43)61)65(73-52-26-12-6-23-47(52)62-55(73)35-32-44-41-20-9-15-29-58(41)76-68(44)62)59(38-16-2-1-3-17-38)63(48)71-50-24-10-4-21-45(50)60-53(71)33-30-42-39-18-7-13-27-56(39)74-66(42)60/h1-35H/i1D,2D,3D,16D,17D. The summed E-state index contributed by atoms with van der Waals surface area (Å²) < 4.78 is 61.0. The van der Waals surface area contributed by atoms with Crippen LogP contribution in [0.15, 0.2) is 212 Å². The molecule has 0 fully saturated rings. The lowest BCUT2D eigenvalue weighted by Gasteiger charge is -2.27. The highest BCUT2D eigenvalue weighted by Crippen LogP contribution is 2.53. The van der Waals surface area contributed by atoms with E-state index in [1.807, 2.05) is 65.2 Å². The smallest absolute Gasteiger partial charge is 0.103 e. The van der Waals surface area contributed by atoms with Gasteiger partial charge in [0.25, 0.3) is 0 Å². The maximum atomic E-state index is 12.4. The quantitative estimate of drug-likeness (QED) is 0.176. The number of thiophene rings is 3. The summed E-state index contributed by atoms with van der Waals surface area (Å²) in [6, 6.07) is 64.9. The van der Waals surface area contributed by atoms with Crippen LogP contribution in [0.5, 0.6) is 0 Å². The Balaban J connectivity index is 1.18. The molecule has 350 valence electrons. The van der Waals surface area contributed by atoms with Crippen molar-refractivity contribution in [3.63, 3.8) is 0 Å². The number of para-hydroxylation sites is 3. The molecular formula is C68H35N5S3. The molecule has 8 heteroatoms. The van der Waals surface area contributed by atoms with Gasteiger partial charge in [-0.2, -0.15) is 10.5 Å². The van der Waals surface area contributed by atoms with Gasteiger partial charge in [0.15, 0.2) is 0 Å². The molecule has 6 heterocycles. The van der Waals surface area contributed by atoms with Gasteiger partial charge in [-0.1, -0.05) is 158 Å². The Kier molecular flexibility index (Phi) is 7.59. The van der Waals surface area contributed by atoms with Crippen molar-refractivity contribution in [2.24, 2.45) is 0 Å². The molecule has 5 nitrogen and oxygen atoms in total. The first-order valence-corrected chi connectivity index (χ1v) is 27.3. The van der Waals surface area contributed by atoms with Gasteiger partial charge in [0.05, 0.1) is 68.1 Å². The van der Waals surface area contributed by atoms with Crippen LogP contribution in [0.2, 0.25) is 0 Å². The maximum absolute atomic E-state index is 12.4. The second-order valence-electron chi connectivity index (χ2n) is 19.3. The number of hydrogen-bond donors (Lipinski definition) is 0. The summed E-state index contributed by atoms with van der Waals surface area (Å²) in [5, 5.41) is 36.9. The first-order valence-electron chi connectivity index (χ1n) is 27.4. The van der Waals surface area contributed by atoms with E-state index in [9.17, 15) is 16.0 Å². The van der Waals surface area contributed by atoms with Crippen LogP contribution >= 0.6 is 34.0 Å². The van der Waals surface area contributed by atoms with Gasteiger partial charge in [-0.3, -0.25) is 0 Å². The van der Waals surface area contributed by atoms with E-state index in [0.717, 1.165) is 120 Å². The molecule has 11 aromatic carbocycles. The van der Waals surface area contributed by atoms with Crippen LogP contribution in [0, 0.1) is 22.7 Å². The fourth-order valence-electron chi connectivity index (χ4n) is 12.6. The van der Waals surface area contributed by atoms with Crippen LogP contribution in [-0.4, -0.2) is 13.7 Å². The Morgan fingerprint density at radius 2 is 0.671 bits per heavy atom. The van der Waals surface area contributed by atoms with Crippen LogP contribution in [-0.2, 0) is 0 Å². The Morgan fingerprint density at radius 1 is 0.329 bits per heavy atom. The first-order chi connectivity index (χ1) is 39.7. The first kappa shape index (κ1) is 37.2. The molecule has 0 aliphatic carbocycles. The molecule has 0 atom stereocenters. The van der Waals surface area contributed by atoms with Gasteiger partial charge in [0.1, 0.15) is 12.1 Å². The van der Waals surface area contributed by atoms with E-state index in [4.69, 9.17) is 1.37 Å². The monoisotopic (exact) mass is 1020 g/mol. The van der Waals surface area contributed by atoms with Crippen LogP contribution in [0.25, 0.3) is 154 Å². The zero-order valence-electron chi connectivity index (χ0n) is 44.8. The minimum atomic E-state index is -0.547. The van der Waals surface area contributed by atoms with Crippen molar-refractivity contribution < 1.29 is 6.85 Å². The van der Waals surface area contributed by atoms with Crippen molar-refractivity contribution in [2.45, 2.75) is 0 Å². The Hall–Kier alpha value is -9.54. The number of benzene rings is 11. The van der Waals surface area contributed by atoms with Crippen molar-refractivity contribution in [1.82, 2.24) is 13.7 Å². The van der Waals surface area contributed by atoms with Crippen molar-refractivity contribution >= 4 is 160 Å². The molecule has 0 bridgehead atoms. The molecular weight excluding hydrogens is 983 g/mol. The molecule has 0 unspecified atom stereocenters. The van der Waals surface area contributed by atoms with Gasteiger partial charge in [0.2, 0.25) is 0 Å². The Morgan fingerprint density at radius 3 is 1.08 bits per heavy atom. The van der Waals surface area contributed by atoms with Crippen LogP contribution < -0.4 is 0 Å². The fourth-order valence-corrected chi connectivity index (χ4v) is 16.4. The van der Waals surface area contributed by atoms with Crippen LogP contribution in [0.4, 0.5) is 0 Å². The zero-order valence-corrected chi connectivity index (χ0v) is 42.2. The normalized spacial score (nSPS) is 13.1. The zero-order chi connectivity index (χ0) is 54.3. The van der Waals surface area contributed by atoms with E-state index in [0.29, 0.717) is 16.9 Å². The largest absolute Gasteiger partial charge is 0.307 e. The average molecular weight is 1020 g/mol. The Bertz CT molecular complexity index is 5810. The van der Waals surface area contributed by atoms with Gasteiger partial charge in [-0.25, -0.2) is 0 Å². The highest BCUT2D eigenvalue weighted by atomic mass is 32.1. The van der Waals surface area contributed by atoms with Crippen molar-refractivity contribution in [3.05, 3.63) is 223 Å². The topological polar surface area (TPSA) is 62.4 Å². The third-order valence-corrected chi connectivity index (χ3v) is 19.2. The summed E-state index contributed by atoms with van der Waals surface area (Å²) in [6.45, 7) is 0. The number of aromatic nitrogens is 3. The molecule has 76 heavy (non-hydrogen) atoms. The number of nitriles is 2. The van der Waals surface area contributed by atoms with E-state index >= 15 is 0 Å². The summed E-state index contributed by atoms with van der Waals surface area (Å²) in [6.07, 6.45) is 0. The second kappa shape index (κ2) is 15.5. The van der Waals surface area contributed by atoms with Gasteiger partial charge in [-0.15, -0.1) is 34.0 Å². The highest BCUT2D eigenvalue weighted by molar-refractivity contribution is 7.27. The summed E-state index contributed by atoms with van der Waals surface area (Å²) in [5.74, 6) is 0. The molecule has 0 spiro atoms. The molecule has 17 rings (SSSR count). The summed E-state index contributed by atoms with van der Waals surface area (Å²) in [4.78, 5) is 0. The molecule has 0 radical (unpaired) electrons. The molecule has 0 aliphatic rings. The molecule has 0 saturated carbocycles. The minimum absolute atomic E-state index is 0.0151. The molecule has 17 aromatic rings. The van der Waals surface area contributed by atoms with E-state index < -0.39 is 30.2 Å². The van der Waals surface area contributed by atoms with Gasteiger partial charge < -0.3 is 13.7 Å². The summed E-state index contributed by atoms with van der Waals surface area (Å²) in [5.41, 5.74) is 5.55. The SMILES string of the molecule is [2H]c1c([2H])c([2H])c(-c2c(-n3c4ccccc4c4c5sc6ccccc6c5ccc43)c(C#N)c(C#N)c(-n3c4ccccc4c4c5sc6ccccc6c5ccc43)c2-n2c3ccccc3c3c4sc5ccccc5c4ccc32)c([2H])c1[2H]. The van der Waals surface area contributed by atoms with Crippen molar-refractivity contribution in [3.8, 4) is 40.3 Å². The third-order valence-electron chi connectivity index (χ3n) is 15.6. The van der Waals surface area contributed by atoms with E-state index in [1.54, 1.807) is 34.0 Å². The Labute approximate surface area is 452 Å². The van der Waals surface area contributed by atoms with Crippen molar-refractivity contribution in [1.29, 1.82) is 10.5 Å². The third kappa shape index (κ3) is 5.39. The lowest BCUT2D eigenvalue weighted by molar-refractivity contribution is 1.07. The van der Waals surface area contributed by atoms with Gasteiger partial charge in [-0.05, 0) is 60.2 Å². The number of hydrogen-bond acceptors (Lipinski definition) is 5. The minimum Gasteiger partial charge on any atom is -0.307 e. The predicted molar refractivity (Wildman–Crippen MR) is 323 cm³/mol. The second-order valence-corrected chi connectivity index (χ2v) is 22.4. The molecule has 6 aromatic heterocycles. The highest BCUT2D eigenvalue weighted by Gasteiger charge is 2.34. The number of nitrogens with zero attached hydrogens (tertiary/aromatic N) is 5. The van der Waals surface area contributed by atoms with E-state index in [2.05, 4.69) is 143 Å². The van der Waals surface area contributed by atoms with Crippen LogP contribution in [0.3, 0.4) is 0 Å². The number of fused-ring (bicyclic) bond motifs is 21. The lowest BCUT2D eigenvalue weighted by atomic mass is 9.91. The maximum Gasteiger partial charge on any atom is 0.103 e. The predicted octanol–water partition coefficient (Wildman–Crippen LogP) is 19.5.